The summed E-state index contributed by atoms with van der Waals surface area (Å²) in [7, 11) is 0. The number of rotatable bonds is 4. The minimum absolute atomic E-state index is 0.110. The minimum atomic E-state index is -0.436. The summed E-state index contributed by atoms with van der Waals surface area (Å²) >= 11 is 1.64. The Kier molecular flexibility index (Phi) is 4.49. The van der Waals surface area contributed by atoms with Crippen LogP contribution in [0.15, 0.2) is 48.8 Å². The summed E-state index contributed by atoms with van der Waals surface area (Å²) in [6.45, 7) is 5.96. The number of anilines is 2. The van der Waals surface area contributed by atoms with Gasteiger partial charge in [-0.3, -0.25) is 4.79 Å². The van der Waals surface area contributed by atoms with Gasteiger partial charge < -0.3 is 10.6 Å². The molecule has 0 fully saturated rings. The third kappa shape index (κ3) is 3.36. The normalized spacial score (nSPS) is 12.3. The van der Waals surface area contributed by atoms with Gasteiger partial charge in [-0.05, 0) is 49.2 Å². The summed E-state index contributed by atoms with van der Waals surface area (Å²) in [5.74, 6) is 0.588. The van der Waals surface area contributed by atoms with Crippen LogP contribution in [0.5, 0.6) is 0 Å². The summed E-state index contributed by atoms with van der Waals surface area (Å²) < 4.78 is 0. The van der Waals surface area contributed by atoms with Crippen LogP contribution in [0.25, 0.3) is 21.0 Å². The van der Waals surface area contributed by atoms with Crippen molar-refractivity contribution in [3.63, 3.8) is 0 Å². The van der Waals surface area contributed by atoms with Gasteiger partial charge >= 0.3 is 0 Å². The lowest BCUT2D eigenvalue weighted by Crippen LogP contribution is -2.32. The first-order valence-corrected chi connectivity index (χ1v) is 9.61. The van der Waals surface area contributed by atoms with Crippen LogP contribution < -0.4 is 10.6 Å². The zero-order valence-electron chi connectivity index (χ0n) is 15.4. The van der Waals surface area contributed by atoms with E-state index >= 15 is 0 Å². The maximum atomic E-state index is 12.7. The smallest absolute Gasteiger partial charge is 0.246 e. The number of nitrogens with one attached hydrogen (secondary N) is 2. The third-order valence-corrected chi connectivity index (χ3v) is 5.84. The summed E-state index contributed by atoms with van der Waals surface area (Å²) in [6.07, 6.45) is 1.54. The van der Waals surface area contributed by atoms with Crippen LogP contribution in [-0.2, 0) is 4.79 Å². The fourth-order valence-electron chi connectivity index (χ4n) is 3.08. The molecular weight excluding hydrogens is 356 g/mol. The summed E-state index contributed by atoms with van der Waals surface area (Å²) in [6, 6.07) is 13.6. The molecule has 1 amide bonds. The molecule has 0 saturated carbocycles. The van der Waals surface area contributed by atoms with Gasteiger partial charge in [0.2, 0.25) is 5.91 Å². The molecule has 136 valence electrons. The van der Waals surface area contributed by atoms with E-state index in [0.29, 0.717) is 5.82 Å². The van der Waals surface area contributed by atoms with E-state index in [-0.39, 0.29) is 5.91 Å². The molecule has 6 heteroatoms. The second-order valence-corrected chi connectivity index (χ2v) is 7.81. The number of carbonyl (C=O) groups is 1. The number of hydrogen-bond donors (Lipinski definition) is 2. The maximum absolute atomic E-state index is 12.7. The van der Waals surface area contributed by atoms with E-state index in [1.165, 1.54) is 11.2 Å². The number of thiophene rings is 1. The number of aromatic nitrogens is 2. The molecule has 27 heavy (non-hydrogen) atoms. The highest BCUT2D eigenvalue weighted by molar-refractivity contribution is 7.18. The first-order valence-electron chi connectivity index (χ1n) is 8.80. The Labute approximate surface area is 161 Å². The van der Waals surface area contributed by atoms with Gasteiger partial charge in [0.25, 0.3) is 0 Å². The van der Waals surface area contributed by atoms with Gasteiger partial charge in [0, 0.05) is 10.6 Å². The largest absolute Gasteiger partial charge is 0.358 e. The van der Waals surface area contributed by atoms with Crippen LogP contribution in [-0.4, -0.2) is 21.9 Å². The van der Waals surface area contributed by atoms with Crippen molar-refractivity contribution in [1.82, 2.24) is 9.97 Å². The summed E-state index contributed by atoms with van der Waals surface area (Å²) in [4.78, 5) is 23.5. The predicted molar refractivity (Wildman–Crippen MR) is 113 cm³/mol. The Morgan fingerprint density at radius 2 is 1.85 bits per heavy atom. The number of fused-ring (bicyclic) bond motifs is 2. The highest BCUT2D eigenvalue weighted by Gasteiger charge is 2.17. The Bertz CT molecular complexity index is 1150. The quantitative estimate of drug-likeness (QED) is 0.532. The predicted octanol–water partition coefficient (Wildman–Crippen LogP) is 4.90. The van der Waals surface area contributed by atoms with E-state index < -0.39 is 6.04 Å². The standard InChI is InChI=1S/C21H20N4OS/c1-12-14(3)27-21-18(12)19(22-11-23-21)24-13(2)20(26)25-17-9-8-15-6-4-5-7-16(15)10-17/h4-11,13H,1-3H3,(H,25,26)(H,22,23,24). The number of benzene rings is 2. The highest BCUT2D eigenvalue weighted by Crippen LogP contribution is 2.32. The molecule has 0 aliphatic rings. The topological polar surface area (TPSA) is 66.9 Å². The third-order valence-electron chi connectivity index (χ3n) is 4.73. The van der Waals surface area contributed by atoms with Gasteiger partial charge in [-0.25, -0.2) is 9.97 Å². The first-order chi connectivity index (χ1) is 13.0. The van der Waals surface area contributed by atoms with Crippen molar-refractivity contribution >= 4 is 49.7 Å². The molecule has 4 rings (SSSR count). The van der Waals surface area contributed by atoms with Crippen LogP contribution in [0, 0.1) is 13.8 Å². The number of amides is 1. The fourth-order valence-corrected chi connectivity index (χ4v) is 4.08. The molecule has 2 heterocycles. The molecule has 1 unspecified atom stereocenters. The maximum Gasteiger partial charge on any atom is 0.246 e. The summed E-state index contributed by atoms with van der Waals surface area (Å²) in [5, 5.41) is 9.45. The Morgan fingerprint density at radius 3 is 2.67 bits per heavy atom. The van der Waals surface area contributed by atoms with Crippen LogP contribution in [0.1, 0.15) is 17.4 Å². The minimum Gasteiger partial charge on any atom is -0.358 e. The van der Waals surface area contributed by atoms with E-state index in [1.54, 1.807) is 11.3 Å². The molecule has 5 nitrogen and oxygen atoms in total. The highest BCUT2D eigenvalue weighted by atomic mass is 32.1. The van der Waals surface area contributed by atoms with Crippen molar-refractivity contribution in [2.24, 2.45) is 0 Å². The van der Waals surface area contributed by atoms with Gasteiger partial charge in [-0.1, -0.05) is 30.3 Å². The summed E-state index contributed by atoms with van der Waals surface area (Å²) in [5.41, 5.74) is 1.93. The molecule has 2 aromatic carbocycles. The molecule has 0 aliphatic carbocycles. The molecule has 1 atom stereocenters. The van der Waals surface area contributed by atoms with Gasteiger partial charge in [0.15, 0.2) is 0 Å². The molecule has 0 spiro atoms. The van der Waals surface area contributed by atoms with Crippen LogP contribution in [0.2, 0.25) is 0 Å². The second-order valence-electron chi connectivity index (χ2n) is 6.60. The van der Waals surface area contributed by atoms with E-state index in [9.17, 15) is 4.79 Å². The monoisotopic (exact) mass is 376 g/mol. The molecule has 0 radical (unpaired) electrons. The van der Waals surface area contributed by atoms with E-state index in [0.717, 1.165) is 32.2 Å². The van der Waals surface area contributed by atoms with Crippen LogP contribution in [0.3, 0.4) is 0 Å². The van der Waals surface area contributed by atoms with E-state index in [1.807, 2.05) is 43.3 Å². The van der Waals surface area contributed by atoms with Gasteiger partial charge in [0.05, 0.1) is 5.39 Å². The molecule has 2 aromatic heterocycles. The molecule has 0 bridgehead atoms. The van der Waals surface area contributed by atoms with Crippen molar-refractivity contribution in [3.05, 3.63) is 59.2 Å². The van der Waals surface area contributed by atoms with Crippen LogP contribution in [0.4, 0.5) is 11.5 Å². The molecule has 0 saturated heterocycles. The number of carbonyl (C=O) groups excluding carboxylic acids is 1. The van der Waals surface area contributed by atoms with Crippen LogP contribution >= 0.6 is 11.3 Å². The lowest BCUT2D eigenvalue weighted by atomic mass is 10.1. The number of nitrogens with zero attached hydrogens (tertiary/aromatic N) is 2. The number of hydrogen-bond acceptors (Lipinski definition) is 5. The fraction of sp³-hybridized carbons (Fsp3) is 0.190. The van der Waals surface area contributed by atoms with Crippen molar-refractivity contribution in [2.75, 3.05) is 10.6 Å². The van der Waals surface area contributed by atoms with E-state index in [2.05, 4.69) is 40.5 Å². The SMILES string of the molecule is Cc1sc2ncnc(NC(C)C(=O)Nc3ccc4ccccc4c3)c2c1C. The average Bonchev–Trinajstić information content (AvgIpc) is 2.96. The van der Waals surface area contributed by atoms with Gasteiger partial charge in [0.1, 0.15) is 23.0 Å². The second kappa shape index (κ2) is 6.96. The number of aryl methyl sites for hydroxylation is 2. The Hall–Kier alpha value is -2.99. The lowest BCUT2D eigenvalue weighted by molar-refractivity contribution is -0.116. The molecule has 4 aromatic rings. The molecule has 2 N–H and O–H groups in total. The van der Waals surface area contributed by atoms with Crippen molar-refractivity contribution in [2.45, 2.75) is 26.8 Å². The zero-order valence-corrected chi connectivity index (χ0v) is 16.2. The van der Waals surface area contributed by atoms with Gasteiger partial charge in [-0.2, -0.15) is 0 Å². The average molecular weight is 376 g/mol. The van der Waals surface area contributed by atoms with Gasteiger partial charge in [-0.15, -0.1) is 11.3 Å². The van der Waals surface area contributed by atoms with Crippen molar-refractivity contribution in [3.8, 4) is 0 Å². The first kappa shape index (κ1) is 17.4. The Morgan fingerprint density at radius 1 is 1.07 bits per heavy atom. The lowest BCUT2D eigenvalue weighted by Gasteiger charge is -2.15. The Balaban J connectivity index is 1.54. The molecule has 0 aliphatic heterocycles. The van der Waals surface area contributed by atoms with Crippen molar-refractivity contribution in [1.29, 1.82) is 0 Å². The van der Waals surface area contributed by atoms with E-state index in [4.69, 9.17) is 0 Å². The molecular formula is C21H20N4OS. The van der Waals surface area contributed by atoms with Crippen molar-refractivity contribution < 1.29 is 4.79 Å². The zero-order chi connectivity index (χ0) is 19.0.